The van der Waals surface area contributed by atoms with E-state index >= 15 is 0 Å². The largest absolute Gasteiger partial charge is 0.494 e. The number of thiazole rings is 1. The van der Waals surface area contributed by atoms with Gasteiger partial charge in [-0.2, -0.15) is 0 Å². The molecule has 6 nitrogen and oxygen atoms in total. The highest BCUT2D eigenvalue weighted by atomic mass is 32.1. The van der Waals surface area contributed by atoms with Crippen LogP contribution in [0.15, 0.2) is 36.4 Å². The Labute approximate surface area is 185 Å². The molecule has 0 unspecified atom stereocenters. The molecule has 1 saturated heterocycles. The number of carbonyl (C=O) groups excluding carboxylic acids is 1. The fraction of sp³-hybridized carbons (Fsp3) is 0.391. The van der Waals surface area contributed by atoms with Crippen LogP contribution in [0.3, 0.4) is 0 Å². The maximum Gasteiger partial charge on any atom is 0.233 e. The van der Waals surface area contributed by atoms with E-state index < -0.39 is 0 Å². The first-order chi connectivity index (χ1) is 15.0. The summed E-state index contributed by atoms with van der Waals surface area (Å²) in [5.74, 6) is 0.326. The van der Waals surface area contributed by atoms with Crippen molar-refractivity contribution in [1.82, 2.24) is 9.88 Å². The average molecular weight is 444 g/mol. The van der Waals surface area contributed by atoms with Crippen LogP contribution in [0.2, 0.25) is 0 Å². The number of anilines is 1. The maximum atomic E-state index is 13.3. The normalized spacial score (nSPS) is 14.7. The fourth-order valence-electron chi connectivity index (χ4n) is 3.64. The standard InChI is InChI=1S/C23H26FN3O3S/c1-16-3-8-19(29-2)21-22(16)31-23(25-21)27(10-9-26-11-13-30-14-12-26)20(28)15-17-4-6-18(24)7-5-17/h3-8H,9-15H2,1-2H3. The Balaban J connectivity index is 1.62. The van der Waals surface area contributed by atoms with E-state index in [1.807, 2.05) is 19.1 Å². The Morgan fingerprint density at radius 3 is 2.68 bits per heavy atom. The number of benzene rings is 2. The third-order valence-corrected chi connectivity index (χ3v) is 6.67. The van der Waals surface area contributed by atoms with E-state index in [1.54, 1.807) is 24.1 Å². The van der Waals surface area contributed by atoms with E-state index in [1.165, 1.54) is 23.5 Å². The van der Waals surface area contributed by atoms with Crippen LogP contribution in [-0.4, -0.2) is 62.3 Å². The molecule has 1 amide bonds. The summed E-state index contributed by atoms with van der Waals surface area (Å²) in [7, 11) is 1.62. The van der Waals surface area contributed by atoms with Gasteiger partial charge in [-0.25, -0.2) is 9.37 Å². The first-order valence-corrected chi connectivity index (χ1v) is 11.2. The molecule has 2 heterocycles. The van der Waals surface area contributed by atoms with Crippen molar-refractivity contribution >= 4 is 32.6 Å². The smallest absolute Gasteiger partial charge is 0.233 e. The molecule has 1 aliphatic rings. The Morgan fingerprint density at radius 1 is 1.23 bits per heavy atom. The molecule has 4 rings (SSSR count). The van der Waals surface area contributed by atoms with E-state index in [-0.39, 0.29) is 18.1 Å². The summed E-state index contributed by atoms with van der Waals surface area (Å²) >= 11 is 1.50. The van der Waals surface area contributed by atoms with Gasteiger partial charge in [-0.05, 0) is 36.2 Å². The van der Waals surface area contributed by atoms with Crippen LogP contribution >= 0.6 is 11.3 Å². The molecule has 0 spiro atoms. The van der Waals surface area contributed by atoms with Gasteiger partial charge < -0.3 is 9.47 Å². The van der Waals surface area contributed by atoms with Crippen LogP contribution in [0.4, 0.5) is 9.52 Å². The van der Waals surface area contributed by atoms with Crippen LogP contribution in [0.5, 0.6) is 5.75 Å². The molecule has 164 valence electrons. The second-order valence-electron chi connectivity index (χ2n) is 7.56. The first-order valence-electron chi connectivity index (χ1n) is 10.3. The fourth-order valence-corrected chi connectivity index (χ4v) is 4.74. The molecule has 8 heteroatoms. The van der Waals surface area contributed by atoms with E-state index in [4.69, 9.17) is 14.5 Å². The van der Waals surface area contributed by atoms with Crippen molar-refractivity contribution in [2.24, 2.45) is 0 Å². The quantitative estimate of drug-likeness (QED) is 0.558. The third-order valence-electron chi connectivity index (χ3n) is 5.46. The van der Waals surface area contributed by atoms with Gasteiger partial charge in [0.1, 0.15) is 17.1 Å². The van der Waals surface area contributed by atoms with E-state index in [2.05, 4.69) is 4.90 Å². The summed E-state index contributed by atoms with van der Waals surface area (Å²) in [6.45, 7) is 6.43. The molecule has 1 aliphatic heterocycles. The summed E-state index contributed by atoms with van der Waals surface area (Å²) < 4.78 is 25.2. The zero-order valence-corrected chi connectivity index (χ0v) is 18.6. The van der Waals surface area contributed by atoms with Crippen LogP contribution in [0.25, 0.3) is 10.2 Å². The number of rotatable bonds is 7. The summed E-state index contributed by atoms with van der Waals surface area (Å²) in [6.07, 6.45) is 0.190. The van der Waals surface area contributed by atoms with Crippen LogP contribution in [-0.2, 0) is 16.0 Å². The van der Waals surface area contributed by atoms with Gasteiger partial charge >= 0.3 is 0 Å². The minimum atomic E-state index is -0.311. The van der Waals surface area contributed by atoms with Crippen molar-refractivity contribution < 1.29 is 18.7 Å². The minimum Gasteiger partial charge on any atom is -0.494 e. The highest BCUT2D eigenvalue weighted by Gasteiger charge is 2.23. The van der Waals surface area contributed by atoms with Crippen LogP contribution in [0.1, 0.15) is 11.1 Å². The minimum absolute atomic E-state index is 0.0597. The van der Waals surface area contributed by atoms with Gasteiger partial charge in [-0.15, -0.1) is 0 Å². The van der Waals surface area contributed by atoms with Crippen molar-refractivity contribution in [3.05, 3.63) is 53.3 Å². The lowest BCUT2D eigenvalue weighted by Gasteiger charge is -2.29. The number of aromatic nitrogens is 1. The number of amides is 1. The zero-order chi connectivity index (χ0) is 21.8. The average Bonchev–Trinajstić information content (AvgIpc) is 3.22. The second-order valence-corrected chi connectivity index (χ2v) is 8.54. The number of fused-ring (bicyclic) bond motifs is 1. The Kier molecular flexibility index (Phi) is 6.80. The molecule has 0 saturated carbocycles. The van der Waals surface area contributed by atoms with Gasteiger partial charge in [0.15, 0.2) is 5.13 Å². The molecule has 3 aromatic rings. The molecule has 31 heavy (non-hydrogen) atoms. The van der Waals surface area contributed by atoms with Crippen LogP contribution < -0.4 is 9.64 Å². The van der Waals surface area contributed by atoms with Gasteiger partial charge in [0, 0.05) is 26.2 Å². The summed E-state index contributed by atoms with van der Waals surface area (Å²) in [5, 5.41) is 0.656. The van der Waals surface area contributed by atoms with Crippen molar-refractivity contribution in [2.75, 3.05) is 51.4 Å². The Bertz CT molecular complexity index is 1050. The molecular weight excluding hydrogens is 417 g/mol. The predicted molar refractivity (Wildman–Crippen MR) is 121 cm³/mol. The van der Waals surface area contributed by atoms with Crippen molar-refractivity contribution in [1.29, 1.82) is 0 Å². The number of aryl methyl sites for hydroxylation is 1. The van der Waals surface area contributed by atoms with Crippen molar-refractivity contribution in [3.63, 3.8) is 0 Å². The number of methoxy groups -OCH3 is 1. The maximum absolute atomic E-state index is 13.3. The number of hydrogen-bond acceptors (Lipinski definition) is 6. The molecule has 0 aliphatic carbocycles. The van der Waals surface area contributed by atoms with E-state index in [0.29, 0.717) is 30.6 Å². The monoisotopic (exact) mass is 443 g/mol. The summed E-state index contributed by atoms with van der Waals surface area (Å²) in [6, 6.07) is 9.97. The van der Waals surface area contributed by atoms with Crippen molar-refractivity contribution in [3.8, 4) is 5.75 Å². The van der Waals surface area contributed by atoms with Crippen molar-refractivity contribution in [2.45, 2.75) is 13.3 Å². The third kappa shape index (κ3) is 5.03. The lowest BCUT2D eigenvalue weighted by molar-refractivity contribution is -0.118. The van der Waals surface area contributed by atoms with Gasteiger partial charge in [-0.3, -0.25) is 14.6 Å². The molecule has 2 aromatic carbocycles. The second kappa shape index (κ2) is 9.72. The lowest BCUT2D eigenvalue weighted by atomic mass is 10.1. The highest BCUT2D eigenvalue weighted by molar-refractivity contribution is 7.22. The van der Waals surface area contributed by atoms with Gasteiger partial charge in [0.05, 0.1) is 31.4 Å². The molecule has 1 aromatic heterocycles. The topological polar surface area (TPSA) is 54.9 Å². The highest BCUT2D eigenvalue weighted by Crippen LogP contribution is 2.36. The molecule has 1 fully saturated rings. The van der Waals surface area contributed by atoms with Gasteiger partial charge in [0.2, 0.25) is 5.91 Å². The van der Waals surface area contributed by atoms with Gasteiger partial charge in [0.25, 0.3) is 0 Å². The number of hydrogen-bond donors (Lipinski definition) is 0. The number of ether oxygens (including phenoxy) is 2. The SMILES string of the molecule is COc1ccc(C)c2sc(N(CCN3CCOCC3)C(=O)Cc3ccc(F)cc3)nc12. The molecule has 0 radical (unpaired) electrons. The summed E-state index contributed by atoms with van der Waals surface area (Å²) in [4.78, 5) is 22.1. The van der Waals surface area contributed by atoms with E-state index in [9.17, 15) is 9.18 Å². The number of carbonyl (C=O) groups is 1. The molecule has 0 atom stereocenters. The number of halogens is 1. The predicted octanol–water partition coefficient (Wildman–Crippen LogP) is 3.66. The molecule has 0 N–H and O–H groups in total. The Hall–Kier alpha value is -2.55. The van der Waals surface area contributed by atoms with E-state index in [0.717, 1.165) is 41.0 Å². The Morgan fingerprint density at radius 2 is 1.97 bits per heavy atom. The summed E-state index contributed by atoms with van der Waals surface area (Å²) in [5.41, 5.74) is 2.64. The lowest BCUT2D eigenvalue weighted by Crippen LogP contribution is -2.43. The number of morpholine rings is 1. The van der Waals surface area contributed by atoms with Gasteiger partial charge in [-0.1, -0.05) is 29.5 Å². The van der Waals surface area contributed by atoms with Crippen LogP contribution in [0, 0.1) is 12.7 Å². The first kappa shape index (κ1) is 21.7. The molecule has 0 bridgehead atoms. The molecular formula is C23H26FN3O3S. The number of nitrogens with zero attached hydrogens (tertiary/aromatic N) is 3. The zero-order valence-electron chi connectivity index (χ0n) is 17.8.